The third kappa shape index (κ3) is 3.51. The lowest BCUT2D eigenvalue weighted by Gasteiger charge is -2.15. The Morgan fingerprint density at radius 2 is 1.93 bits per heavy atom. The number of hydrogen-bond donors (Lipinski definition) is 1. The van der Waals surface area contributed by atoms with E-state index in [1.54, 1.807) is 29.0 Å². The van der Waals surface area contributed by atoms with Crippen LogP contribution in [0.15, 0.2) is 36.4 Å². The fraction of sp³-hybridized carbons (Fsp3) is 0.273. The first-order valence-electron chi connectivity index (χ1n) is 9.34. The summed E-state index contributed by atoms with van der Waals surface area (Å²) < 4.78 is 0. The lowest BCUT2D eigenvalue weighted by molar-refractivity contribution is -0.127. The van der Waals surface area contributed by atoms with E-state index in [4.69, 9.17) is 5.26 Å². The number of amides is 2. The predicted octanol–water partition coefficient (Wildman–Crippen LogP) is 2.44. The molecule has 0 aliphatic carbocycles. The zero-order valence-electron chi connectivity index (χ0n) is 16.0. The minimum Gasteiger partial charge on any atom is -0.345 e. The van der Waals surface area contributed by atoms with Crippen molar-refractivity contribution in [3.8, 4) is 23.4 Å². The third-order valence-corrected chi connectivity index (χ3v) is 5.50. The largest absolute Gasteiger partial charge is 0.345 e. The maximum atomic E-state index is 12.7. The Kier molecular flexibility index (Phi) is 4.66. The summed E-state index contributed by atoms with van der Waals surface area (Å²) >= 11 is 0. The molecule has 1 saturated heterocycles. The molecule has 2 amide bonds. The monoisotopic (exact) mass is 385 g/mol. The first-order chi connectivity index (χ1) is 14.0. The number of carbonyl (C=O) groups excluding carboxylic acids is 2. The molecule has 0 spiro atoms. The number of benzene rings is 2. The lowest BCUT2D eigenvalue weighted by atomic mass is 9.95. The average molecular weight is 385 g/mol. The molecule has 144 valence electrons. The van der Waals surface area contributed by atoms with Crippen LogP contribution in [0.4, 0.5) is 5.69 Å². The maximum absolute atomic E-state index is 12.7. The molecule has 2 aliphatic heterocycles. The molecule has 0 saturated carbocycles. The van der Waals surface area contributed by atoms with Crippen LogP contribution >= 0.6 is 0 Å². The van der Waals surface area contributed by atoms with Gasteiger partial charge < -0.3 is 15.1 Å². The lowest BCUT2D eigenvalue weighted by Crippen LogP contribution is -2.25. The van der Waals surface area contributed by atoms with E-state index in [0.29, 0.717) is 30.9 Å². The fourth-order valence-electron chi connectivity index (χ4n) is 3.92. The van der Waals surface area contributed by atoms with Crippen molar-refractivity contribution in [1.82, 2.24) is 9.80 Å². The zero-order chi connectivity index (χ0) is 20.5. The molecule has 7 nitrogen and oxygen atoms in total. The first kappa shape index (κ1) is 18.5. The Balaban J connectivity index is 1.67. The molecular formula is C22H19N5O2. The van der Waals surface area contributed by atoms with E-state index in [1.807, 2.05) is 24.3 Å². The molecule has 2 aromatic rings. The first-order valence-corrected chi connectivity index (χ1v) is 9.34. The summed E-state index contributed by atoms with van der Waals surface area (Å²) in [4.78, 5) is 27.6. The smallest absolute Gasteiger partial charge is 0.229 e. The number of carbonyl (C=O) groups is 2. The van der Waals surface area contributed by atoms with Crippen LogP contribution in [0, 0.1) is 28.7 Å². The Bertz CT molecular complexity index is 1080. The highest BCUT2D eigenvalue weighted by Gasteiger charge is 2.32. The number of rotatable bonds is 3. The van der Waals surface area contributed by atoms with Gasteiger partial charge in [-0.05, 0) is 46.5 Å². The molecule has 1 N–H and O–H groups in total. The maximum Gasteiger partial charge on any atom is 0.229 e. The standard InChI is InChI=1S/C22H19N5O2/c1-26-10-17(7-21(26)28)22(29)25-18-6-16-11-27(13-24)12-20(16)19(8-18)15-4-2-14(9-23)3-5-15/h2-6,8,17H,7,10-12H2,1H3,(H,25,29). The van der Waals surface area contributed by atoms with Gasteiger partial charge in [-0.15, -0.1) is 0 Å². The highest BCUT2D eigenvalue weighted by atomic mass is 16.2. The Morgan fingerprint density at radius 1 is 1.17 bits per heavy atom. The van der Waals surface area contributed by atoms with Gasteiger partial charge in [0, 0.05) is 25.7 Å². The highest BCUT2D eigenvalue weighted by Crippen LogP contribution is 2.36. The summed E-state index contributed by atoms with van der Waals surface area (Å²) in [7, 11) is 1.70. The summed E-state index contributed by atoms with van der Waals surface area (Å²) in [5.74, 6) is -0.569. The second-order valence-electron chi connectivity index (χ2n) is 7.47. The van der Waals surface area contributed by atoms with Crippen molar-refractivity contribution in [2.24, 2.45) is 5.92 Å². The highest BCUT2D eigenvalue weighted by molar-refractivity contribution is 5.97. The van der Waals surface area contributed by atoms with Crippen LogP contribution in [0.3, 0.4) is 0 Å². The van der Waals surface area contributed by atoms with Crippen molar-refractivity contribution < 1.29 is 9.59 Å². The van der Waals surface area contributed by atoms with E-state index >= 15 is 0 Å². The van der Waals surface area contributed by atoms with Gasteiger partial charge in [0.2, 0.25) is 11.8 Å². The number of hydrogen-bond acceptors (Lipinski definition) is 5. The van der Waals surface area contributed by atoms with Crippen molar-refractivity contribution >= 4 is 17.5 Å². The number of anilines is 1. The Morgan fingerprint density at radius 3 is 2.55 bits per heavy atom. The molecule has 29 heavy (non-hydrogen) atoms. The van der Waals surface area contributed by atoms with E-state index in [9.17, 15) is 14.9 Å². The van der Waals surface area contributed by atoms with Crippen molar-refractivity contribution in [2.75, 3.05) is 18.9 Å². The van der Waals surface area contributed by atoms with Gasteiger partial charge in [-0.2, -0.15) is 10.5 Å². The molecule has 7 heteroatoms. The van der Waals surface area contributed by atoms with Gasteiger partial charge in [0.1, 0.15) is 0 Å². The van der Waals surface area contributed by atoms with Crippen LogP contribution < -0.4 is 5.32 Å². The summed E-state index contributed by atoms with van der Waals surface area (Å²) in [6.45, 7) is 1.42. The van der Waals surface area contributed by atoms with E-state index in [-0.39, 0.29) is 24.2 Å². The van der Waals surface area contributed by atoms with Gasteiger partial charge in [-0.1, -0.05) is 12.1 Å². The SMILES string of the molecule is CN1CC(C(=O)Nc2cc3c(c(-c4ccc(C#N)cc4)c2)CN(C#N)C3)CC1=O. The molecule has 0 radical (unpaired) electrons. The number of likely N-dealkylation sites (tertiary alicyclic amines) is 1. The predicted molar refractivity (Wildman–Crippen MR) is 106 cm³/mol. The molecule has 1 unspecified atom stereocenters. The molecule has 4 rings (SSSR count). The summed E-state index contributed by atoms with van der Waals surface area (Å²) in [6.07, 6.45) is 2.40. The van der Waals surface area contributed by atoms with E-state index in [2.05, 4.69) is 17.6 Å². The topological polar surface area (TPSA) is 100 Å². The minimum absolute atomic E-state index is 0.0259. The van der Waals surface area contributed by atoms with Crippen LogP contribution in [-0.2, 0) is 22.7 Å². The van der Waals surface area contributed by atoms with E-state index in [1.165, 1.54) is 0 Å². The summed E-state index contributed by atoms with van der Waals surface area (Å²) in [6, 6.07) is 13.2. The van der Waals surface area contributed by atoms with Crippen molar-refractivity contribution in [3.05, 3.63) is 53.1 Å². The van der Waals surface area contributed by atoms with E-state index < -0.39 is 0 Å². The number of nitriles is 2. The Hall–Kier alpha value is -3.84. The molecule has 0 bridgehead atoms. The third-order valence-electron chi connectivity index (χ3n) is 5.50. The van der Waals surface area contributed by atoms with Crippen LogP contribution in [0.25, 0.3) is 11.1 Å². The van der Waals surface area contributed by atoms with Crippen molar-refractivity contribution in [2.45, 2.75) is 19.5 Å². The normalized spacial score (nSPS) is 17.6. The van der Waals surface area contributed by atoms with Gasteiger partial charge in [0.05, 0.1) is 30.6 Å². The molecule has 2 aromatic carbocycles. The van der Waals surface area contributed by atoms with Crippen molar-refractivity contribution in [1.29, 1.82) is 10.5 Å². The number of nitrogens with one attached hydrogen (secondary N) is 1. The quantitative estimate of drug-likeness (QED) is 0.818. The molecule has 1 atom stereocenters. The molecule has 1 fully saturated rings. The minimum atomic E-state index is -0.366. The van der Waals surface area contributed by atoms with Crippen LogP contribution in [-0.4, -0.2) is 35.2 Å². The number of fused-ring (bicyclic) bond motifs is 1. The molecule has 0 aromatic heterocycles. The van der Waals surface area contributed by atoms with Crippen LogP contribution in [0.2, 0.25) is 0 Å². The van der Waals surface area contributed by atoms with E-state index in [0.717, 1.165) is 22.3 Å². The Labute approximate surface area is 168 Å². The fourth-order valence-corrected chi connectivity index (χ4v) is 3.92. The van der Waals surface area contributed by atoms with Crippen LogP contribution in [0.5, 0.6) is 0 Å². The molecule has 2 heterocycles. The molecule has 2 aliphatic rings. The second-order valence-corrected chi connectivity index (χ2v) is 7.47. The summed E-state index contributed by atoms with van der Waals surface area (Å²) in [5.41, 5.74) is 5.11. The van der Waals surface area contributed by atoms with Gasteiger partial charge >= 0.3 is 0 Å². The summed E-state index contributed by atoms with van der Waals surface area (Å²) in [5, 5.41) is 21.3. The zero-order valence-corrected chi connectivity index (χ0v) is 16.0. The van der Waals surface area contributed by atoms with Crippen LogP contribution in [0.1, 0.15) is 23.1 Å². The van der Waals surface area contributed by atoms with Gasteiger partial charge in [0.25, 0.3) is 0 Å². The molecular weight excluding hydrogens is 366 g/mol. The van der Waals surface area contributed by atoms with Gasteiger partial charge in [-0.3, -0.25) is 9.59 Å². The van der Waals surface area contributed by atoms with Gasteiger partial charge in [0.15, 0.2) is 6.19 Å². The average Bonchev–Trinajstić information content (AvgIpc) is 3.30. The number of nitrogens with zero attached hydrogens (tertiary/aromatic N) is 4. The van der Waals surface area contributed by atoms with Gasteiger partial charge in [-0.25, -0.2) is 0 Å². The van der Waals surface area contributed by atoms with Crippen molar-refractivity contribution in [3.63, 3.8) is 0 Å². The second kappa shape index (κ2) is 7.29.